The maximum Gasteiger partial charge on any atom is 0.256 e. The monoisotopic (exact) mass is 399 g/mol. The Labute approximate surface area is 152 Å². The second kappa shape index (κ2) is 5.96. The number of carbonyl (C=O) groups is 1. The Hall–Kier alpha value is -2.30. The third-order valence-corrected chi connectivity index (χ3v) is 4.55. The highest BCUT2D eigenvalue weighted by atomic mass is 79.9. The third kappa shape index (κ3) is 2.79. The molecule has 0 bridgehead atoms. The fourth-order valence-electron chi connectivity index (χ4n) is 2.65. The van der Waals surface area contributed by atoms with Crippen LogP contribution in [0.5, 0.6) is 0 Å². The van der Waals surface area contributed by atoms with E-state index in [1.54, 1.807) is 6.08 Å². The molecule has 1 aliphatic rings. The van der Waals surface area contributed by atoms with Gasteiger partial charge in [0.2, 0.25) is 0 Å². The van der Waals surface area contributed by atoms with Crippen LogP contribution in [-0.2, 0) is 4.79 Å². The Morgan fingerprint density at radius 1 is 1.04 bits per heavy atom. The average Bonchev–Trinajstić information content (AvgIpc) is 3.14. The van der Waals surface area contributed by atoms with Crippen molar-refractivity contribution in [3.05, 3.63) is 75.4 Å². The molecule has 3 aromatic rings. The molecule has 1 aliphatic heterocycles. The Morgan fingerprint density at radius 2 is 1.83 bits per heavy atom. The zero-order valence-electron chi connectivity index (χ0n) is 12.3. The van der Waals surface area contributed by atoms with Crippen molar-refractivity contribution in [2.75, 3.05) is 5.32 Å². The van der Waals surface area contributed by atoms with Crippen LogP contribution in [0.2, 0.25) is 5.02 Å². The van der Waals surface area contributed by atoms with Crippen LogP contribution in [0.25, 0.3) is 23.0 Å². The van der Waals surface area contributed by atoms with Crippen LogP contribution in [0.4, 0.5) is 5.69 Å². The van der Waals surface area contributed by atoms with Gasteiger partial charge in [-0.25, -0.2) is 0 Å². The van der Waals surface area contributed by atoms with E-state index < -0.39 is 0 Å². The second-order valence-electron chi connectivity index (χ2n) is 5.41. The second-order valence-corrected chi connectivity index (χ2v) is 6.76. The van der Waals surface area contributed by atoms with Crippen LogP contribution in [0, 0.1) is 0 Å². The lowest BCUT2D eigenvalue weighted by atomic mass is 10.1. The van der Waals surface area contributed by atoms with E-state index in [1.807, 2.05) is 54.6 Å². The van der Waals surface area contributed by atoms with Gasteiger partial charge in [-0.05, 0) is 60.7 Å². The lowest BCUT2D eigenvalue weighted by Crippen LogP contribution is -2.03. The van der Waals surface area contributed by atoms with Gasteiger partial charge in [0, 0.05) is 26.3 Å². The standard InChI is InChI=1S/C19H11BrClNO2/c20-12-3-7-17-15(9-12)16(19(23)22-17)10-14-6-8-18(24-14)11-1-4-13(21)5-2-11/h1-10H,(H,22,23)/b16-10-. The predicted molar refractivity (Wildman–Crippen MR) is 99.8 cm³/mol. The van der Waals surface area contributed by atoms with Crippen LogP contribution in [0.1, 0.15) is 11.3 Å². The SMILES string of the molecule is O=C1Nc2ccc(Br)cc2/C1=C/c1ccc(-c2ccc(Cl)cc2)o1. The molecular formula is C19H11BrClNO2. The first-order valence-electron chi connectivity index (χ1n) is 7.29. The Kier molecular flexibility index (Phi) is 3.79. The molecule has 0 saturated carbocycles. The molecule has 0 spiro atoms. The summed E-state index contributed by atoms with van der Waals surface area (Å²) < 4.78 is 6.78. The van der Waals surface area contributed by atoms with Crippen LogP contribution in [0.3, 0.4) is 0 Å². The first-order chi connectivity index (χ1) is 11.6. The van der Waals surface area contributed by atoms with Crippen molar-refractivity contribution in [2.45, 2.75) is 0 Å². The molecule has 0 fully saturated rings. The normalized spacial score (nSPS) is 14.8. The van der Waals surface area contributed by atoms with E-state index >= 15 is 0 Å². The van der Waals surface area contributed by atoms with Gasteiger partial charge in [0.1, 0.15) is 11.5 Å². The van der Waals surface area contributed by atoms with Gasteiger partial charge in [0.15, 0.2) is 0 Å². The lowest BCUT2D eigenvalue weighted by Gasteiger charge is -1.99. The largest absolute Gasteiger partial charge is 0.457 e. The maximum absolute atomic E-state index is 12.2. The average molecular weight is 401 g/mol. The van der Waals surface area contributed by atoms with Gasteiger partial charge in [-0.1, -0.05) is 27.5 Å². The van der Waals surface area contributed by atoms with Gasteiger partial charge in [0.05, 0.1) is 5.57 Å². The van der Waals surface area contributed by atoms with Crippen molar-refractivity contribution in [3.8, 4) is 11.3 Å². The number of hydrogen-bond acceptors (Lipinski definition) is 2. The topological polar surface area (TPSA) is 42.2 Å². The number of halogens is 2. The van der Waals surface area contributed by atoms with Crippen molar-refractivity contribution in [1.82, 2.24) is 0 Å². The van der Waals surface area contributed by atoms with Gasteiger partial charge in [-0.15, -0.1) is 0 Å². The van der Waals surface area contributed by atoms with Gasteiger partial charge < -0.3 is 9.73 Å². The molecule has 4 rings (SSSR count). The molecule has 1 aromatic heterocycles. The van der Waals surface area contributed by atoms with Crippen molar-refractivity contribution in [3.63, 3.8) is 0 Å². The lowest BCUT2D eigenvalue weighted by molar-refractivity contribution is -0.110. The van der Waals surface area contributed by atoms with Gasteiger partial charge in [-0.2, -0.15) is 0 Å². The number of rotatable bonds is 2. The molecule has 1 N–H and O–H groups in total. The number of furan rings is 1. The highest BCUT2D eigenvalue weighted by Gasteiger charge is 2.24. The maximum atomic E-state index is 12.2. The molecule has 0 atom stereocenters. The van der Waals surface area contributed by atoms with Gasteiger partial charge in [0.25, 0.3) is 5.91 Å². The molecule has 0 radical (unpaired) electrons. The van der Waals surface area contributed by atoms with E-state index in [9.17, 15) is 4.79 Å². The summed E-state index contributed by atoms with van der Waals surface area (Å²) >= 11 is 9.34. The summed E-state index contributed by atoms with van der Waals surface area (Å²) in [7, 11) is 0. The first kappa shape index (κ1) is 15.2. The van der Waals surface area contributed by atoms with Crippen molar-refractivity contribution in [1.29, 1.82) is 0 Å². The number of anilines is 1. The van der Waals surface area contributed by atoms with E-state index in [-0.39, 0.29) is 5.91 Å². The van der Waals surface area contributed by atoms with Crippen LogP contribution < -0.4 is 5.32 Å². The number of hydrogen-bond donors (Lipinski definition) is 1. The van der Waals surface area contributed by atoms with Crippen molar-refractivity contribution >= 4 is 50.8 Å². The minimum Gasteiger partial charge on any atom is -0.457 e. The quantitative estimate of drug-likeness (QED) is 0.548. The molecule has 3 nitrogen and oxygen atoms in total. The predicted octanol–water partition coefficient (Wildman–Crippen LogP) is 5.86. The summed E-state index contributed by atoms with van der Waals surface area (Å²) in [6, 6.07) is 16.8. The molecule has 5 heteroatoms. The van der Waals surface area contributed by atoms with E-state index in [4.69, 9.17) is 16.0 Å². The molecule has 2 heterocycles. The van der Waals surface area contributed by atoms with E-state index in [2.05, 4.69) is 21.2 Å². The minimum absolute atomic E-state index is 0.132. The fraction of sp³-hybridized carbons (Fsp3) is 0. The molecule has 1 amide bonds. The molecular weight excluding hydrogens is 390 g/mol. The highest BCUT2D eigenvalue weighted by Crippen LogP contribution is 2.35. The van der Waals surface area contributed by atoms with Crippen molar-refractivity contribution in [2.24, 2.45) is 0 Å². The van der Waals surface area contributed by atoms with Crippen molar-refractivity contribution < 1.29 is 9.21 Å². The number of benzene rings is 2. The Bertz CT molecular complexity index is 973. The summed E-state index contributed by atoms with van der Waals surface area (Å²) in [5.41, 5.74) is 3.18. The number of nitrogens with one attached hydrogen (secondary N) is 1. The molecule has 0 saturated heterocycles. The minimum atomic E-state index is -0.132. The molecule has 24 heavy (non-hydrogen) atoms. The van der Waals surface area contributed by atoms with Crippen LogP contribution in [0.15, 0.2) is 63.5 Å². The van der Waals surface area contributed by atoms with E-state index in [1.165, 1.54) is 0 Å². The summed E-state index contributed by atoms with van der Waals surface area (Å²) in [6.07, 6.45) is 1.76. The zero-order valence-corrected chi connectivity index (χ0v) is 14.7. The Morgan fingerprint density at radius 3 is 2.62 bits per heavy atom. The summed E-state index contributed by atoms with van der Waals surface area (Å²) in [6.45, 7) is 0. The summed E-state index contributed by atoms with van der Waals surface area (Å²) in [4.78, 5) is 12.2. The summed E-state index contributed by atoms with van der Waals surface area (Å²) in [5, 5.41) is 3.53. The number of fused-ring (bicyclic) bond motifs is 1. The van der Waals surface area contributed by atoms with E-state index in [0.29, 0.717) is 16.4 Å². The molecule has 118 valence electrons. The number of amides is 1. The van der Waals surface area contributed by atoms with E-state index in [0.717, 1.165) is 27.0 Å². The first-order valence-corrected chi connectivity index (χ1v) is 8.46. The van der Waals surface area contributed by atoms with Gasteiger partial charge >= 0.3 is 0 Å². The molecule has 0 aliphatic carbocycles. The molecule has 2 aromatic carbocycles. The highest BCUT2D eigenvalue weighted by molar-refractivity contribution is 9.10. The zero-order chi connectivity index (χ0) is 16.7. The van der Waals surface area contributed by atoms with Gasteiger partial charge in [-0.3, -0.25) is 4.79 Å². The fourth-order valence-corrected chi connectivity index (χ4v) is 3.13. The number of carbonyl (C=O) groups excluding carboxylic acids is 1. The Balaban J connectivity index is 1.71. The van der Waals surface area contributed by atoms with Crippen LogP contribution in [-0.4, -0.2) is 5.91 Å². The smallest absolute Gasteiger partial charge is 0.256 e. The molecule has 0 unspecified atom stereocenters. The summed E-state index contributed by atoms with van der Waals surface area (Å²) in [5.74, 6) is 1.22. The van der Waals surface area contributed by atoms with Crippen LogP contribution >= 0.6 is 27.5 Å². The third-order valence-electron chi connectivity index (χ3n) is 3.81.